The van der Waals surface area contributed by atoms with E-state index in [1.807, 2.05) is 0 Å². The third-order valence-electron chi connectivity index (χ3n) is 5.92. The number of rotatable bonds is 5. The molecule has 1 saturated heterocycles. The van der Waals surface area contributed by atoms with Crippen LogP contribution in [0.25, 0.3) is 16.9 Å². The summed E-state index contributed by atoms with van der Waals surface area (Å²) in [5.74, 6) is -0.860. The average molecular weight is 464 g/mol. The van der Waals surface area contributed by atoms with Gasteiger partial charge in [0.15, 0.2) is 5.82 Å². The summed E-state index contributed by atoms with van der Waals surface area (Å²) in [6.45, 7) is 1.81. The molecule has 0 unspecified atom stereocenters. The molecular weight excluding hydrogens is 442 g/mol. The summed E-state index contributed by atoms with van der Waals surface area (Å²) in [4.78, 5) is 8.30. The lowest BCUT2D eigenvalue weighted by Gasteiger charge is -2.35. The lowest BCUT2D eigenvalue weighted by molar-refractivity contribution is 0.0946. The van der Waals surface area contributed by atoms with Gasteiger partial charge in [-0.15, -0.1) is 5.10 Å². The molecule has 0 bridgehead atoms. The summed E-state index contributed by atoms with van der Waals surface area (Å²) in [5.41, 5.74) is 0.990. The lowest BCUT2D eigenvalue weighted by atomic mass is 10.0. The fourth-order valence-corrected chi connectivity index (χ4v) is 5.81. The first kappa shape index (κ1) is 21.2. The van der Waals surface area contributed by atoms with Crippen molar-refractivity contribution in [3.63, 3.8) is 0 Å². The van der Waals surface area contributed by atoms with Crippen LogP contribution in [0.2, 0.25) is 0 Å². The zero-order valence-corrected chi connectivity index (χ0v) is 18.1. The molecule has 12 heteroatoms. The number of aryl methyl sites for hydroxylation is 1. The number of hydrogen-bond donors (Lipinski definition) is 2. The quantitative estimate of drug-likeness (QED) is 0.591. The zero-order chi connectivity index (χ0) is 22.6. The van der Waals surface area contributed by atoms with Crippen LogP contribution >= 0.6 is 0 Å². The van der Waals surface area contributed by atoms with Gasteiger partial charge in [0.2, 0.25) is 16.0 Å². The lowest BCUT2D eigenvalue weighted by Crippen LogP contribution is -2.52. The Balaban J connectivity index is 1.39. The van der Waals surface area contributed by atoms with Crippen molar-refractivity contribution in [2.24, 2.45) is 0 Å². The SMILES string of the molecule is Cc1nc(-c2cc(F)c3cnc(N[C@@H]4CCN(S(=O)(=O)C5CC5)C[C@H]4O)nn23)ccc1F. The van der Waals surface area contributed by atoms with Gasteiger partial charge in [0.25, 0.3) is 0 Å². The molecule has 2 atom stereocenters. The number of aliphatic hydroxyl groups excluding tert-OH is 1. The maximum atomic E-state index is 14.4. The van der Waals surface area contributed by atoms with Crippen LogP contribution in [-0.4, -0.2) is 67.9 Å². The molecule has 170 valence electrons. The number of nitrogens with zero attached hydrogens (tertiary/aromatic N) is 5. The summed E-state index contributed by atoms with van der Waals surface area (Å²) in [7, 11) is -3.35. The second-order valence-corrected chi connectivity index (χ2v) is 10.4. The smallest absolute Gasteiger partial charge is 0.241 e. The van der Waals surface area contributed by atoms with Gasteiger partial charge < -0.3 is 10.4 Å². The minimum atomic E-state index is -3.35. The molecule has 3 aromatic heterocycles. The second-order valence-electron chi connectivity index (χ2n) is 8.23. The van der Waals surface area contributed by atoms with Gasteiger partial charge in [-0.25, -0.2) is 31.7 Å². The summed E-state index contributed by atoms with van der Waals surface area (Å²) in [6, 6.07) is 3.49. The molecule has 4 heterocycles. The number of pyridine rings is 1. The Kier molecular flexibility index (Phi) is 5.10. The Morgan fingerprint density at radius 1 is 1.19 bits per heavy atom. The van der Waals surface area contributed by atoms with Gasteiger partial charge in [-0.05, 0) is 38.3 Å². The van der Waals surface area contributed by atoms with Gasteiger partial charge in [0.05, 0.1) is 40.7 Å². The molecule has 2 fully saturated rings. The number of aromatic nitrogens is 4. The van der Waals surface area contributed by atoms with Crippen LogP contribution in [0.1, 0.15) is 25.0 Å². The van der Waals surface area contributed by atoms with Crippen molar-refractivity contribution >= 4 is 21.5 Å². The fourth-order valence-electron chi connectivity index (χ4n) is 3.93. The molecule has 5 rings (SSSR count). The third kappa shape index (κ3) is 3.71. The summed E-state index contributed by atoms with van der Waals surface area (Å²) < 4.78 is 55.5. The Morgan fingerprint density at radius 3 is 2.66 bits per heavy atom. The van der Waals surface area contributed by atoms with E-state index >= 15 is 0 Å². The van der Waals surface area contributed by atoms with Crippen molar-refractivity contribution in [3.05, 3.63) is 41.7 Å². The number of piperidine rings is 1. The van der Waals surface area contributed by atoms with Crippen molar-refractivity contribution < 1.29 is 22.3 Å². The van der Waals surface area contributed by atoms with Crippen LogP contribution in [0, 0.1) is 18.6 Å². The fraction of sp³-hybridized carbons (Fsp3) is 0.450. The minimum Gasteiger partial charge on any atom is -0.390 e. The van der Waals surface area contributed by atoms with Crippen molar-refractivity contribution in [2.45, 2.75) is 43.6 Å². The highest BCUT2D eigenvalue weighted by molar-refractivity contribution is 7.90. The van der Waals surface area contributed by atoms with E-state index in [1.165, 1.54) is 40.1 Å². The van der Waals surface area contributed by atoms with Crippen molar-refractivity contribution in [3.8, 4) is 11.4 Å². The van der Waals surface area contributed by atoms with Gasteiger partial charge in [-0.3, -0.25) is 0 Å². The van der Waals surface area contributed by atoms with Crippen LogP contribution in [0.5, 0.6) is 0 Å². The molecular formula is C20H22F2N6O3S. The van der Waals surface area contributed by atoms with E-state index in [-0.39, 0.29) is 35.5 Å². The second kappa shape index (κ2) is 7.71. The number of aliphatic hydroxyl groups is 1. The molecule has 3 aromatic rings. The number of β-amino-alcohol motifs (C(OH)–C–C–N with tert-alkyl or cyclic N) is 1. The molecule has 1 saturated carbocycles. The van der Waals surface area contributed by atoms with Crippen molar-refractivity contribution in [1.82, 2.24) is 23.9 Å². The molecule has 1 aliphatic heterocycles. The van der Waals surface area contributed by atoms with E-state index in [1.54, 1.807) is 0 Å². The number of nitrogens with one attached hydrogen (secondary N) is 1. The highest BCUT2D eigenvalue weighted by atomic mass is 32.2. The van der Waals surface area contributed by atoms with Crippen LogP contribution in [0.3, 0.4) is 0 Å². The number of hydrogen-bond acceptors (Lipinski definition) is 7. The minimum absolute atomic E-state index is 0.000911. The zero-order valence-electron chi connectivity index (χ0n) is 17.2. The third-order valence-corrected chi connectivity index (χ3v) is 8.28. The maximum Gasteiger partial charge on any atom is 0.241 e. The molecule has 32 heavy (non-hydrogen) atoms. The molecule has 0 amide bonds. The molecule has 9 nitrogen and oxygen atoms in total. The Bertz CT molecular complexity index is 1290. The Morgan fingerprint density at radius 2 is 1.97 bits per heavy atom. The number of halogens is 2. The first-order valence-electron chi connectivity index (χ1n) is 10.4. The topological polar surface area (TPSA) is 113 Å². The number of fused-ring (bicyclic) bond motifs is 1. The van der Waals surface area contributed by atoms with Gasteiger partial charge in [0.1, 0.15) is 11.3 Å². The van der Waals surface area contributed by atoms with E-state index in [0.717, 1.165) is 0 Å². The largest absolute Gasteiger partial charge is 0.390 e. The Labute approximate surface area is 183 Å². The van der Waals surface area contributed by atoms with Gasteiger partial charge >= 0.3 is 0 Å². The van der Waals surface area contributed by atoms with Gasteiger partial charge in [-0.2, -0.15) is 4.31 Å². The molecule has 1 aliphatic carbocycles. The summed E-state index contributed by atoms with van der Waals surface area (Å²) >= 11 is 0. The highest BCUT2D eigenvalue weighted by Crippen LogP contribution is 2.32. The predicted molar refractivity (Wildman–Crippen MR) is 112 cm³/mol. The number of sulfonamides is 1. The molecule has 2 aliphatic rings. The van der Waals surface area contributed by atoms with Crippen molar-refractivity contribution in [2.75, 3.05) is 18.4 Å². The van der Waals surface area contributed by atoms with Crippen LogP contribution in [-0.2, 0) is 10.0 Å². The van der Waals surface area contributed by atoms with Crippen LogP contribution in [0.4, 0.5) is 14.7 Å². The first-order valence-corrected chi connectivity index (χ1v) is 11.9. The Hall–Kier alpha value is -2.70. The van der Waals surface area contributed by atoms with Crippen molar-refractivity contribution in [1.29, 1.82) is 0 Å². The van der Waals surface area contributed by atoms with Crippen LogP contribution < -0.4 is 5.32 Å². The summed E-state index contributed by atoms with van der Waals surface area (Å²) in [5, 5.41) is 17.6. The van der Waals surface area contributed by atoms with E-state index in [4.69, 9.17) is 0 Å². The van der Waals surface area contributed by atoms with E-state index in [0.29, 0.717) is 30.7 Å². The first-order chi connectivity index (χ1) is 15.2. The highest BCUT2D eigenvalue weighted by Gasteiger charge is 2.43. The maximum absolute atomic E-state index is 14.4. The average Bonchev–Trinajstić information content (AvgIpc) is 3.57. The molecule has 0 radical (unpaired) electrons. The van der Waals surface area contributed by atoms with Crippen LogP contribution in [0.15, 0.2) is 24.4 Å². The van der Waals surface area contributed by atoms with E-state index < -0.39 is 33.8 Å². The molecule has 2 N–H and O–H groups in total. The number of anilines is 1. The summed E-state index contributed by atoms with van der Waals surface area (Å²) in [6.07, 6.45) is 2.08. The van der Waals surface area contributed by atoms with Gasteiger partial charge in [-0.1, -0.05) is 0 Å². The predicted octanol–water partition coefficient (Wildman–Crippen LogP) is 1.72. The van der Waals surface area contributed by atoms with E-state index in [2.05, 4.69) is 20.4 Å². The monoisotopic (exact) mass is 464 g/mol. The van der Waals surface area contributed by atoms with Gasteiger partial charge in [0, 0.05) is 19.2 Å². The molecule has 0 spiro atoms. The molecule has 0 aromatic carbocycles. The van der Waals surface area contributed by atoms with E-state index in [9.17, 15) is 22.3 Å². The standard InChI is InChI=1S/C20H22F2N6O3S/c1-11-13(21)4-5-15(24-11)17-8-14(22)18-9-23-20(26-28(17)18)25-16-6-7-27(10-19(16)29)32(30,31)12-2-3-12/h4-5,8-9,12,16,19,29H,2-3,6-7,10H2,1H3,(H,25,26)/t16-,19-/m1/s1. The normalized spacial score (nSPS) is 22.4.